The highest BCUT2D eigenvalue weighted by atomic mass is 32.2. The molecule has 198 valence electrons. The van der Waals surface area contributed by atoms with Crippen molar-refractivity contribution in [3.05, 3.63) is 47.0 Å². The Kier molecular flexibility index (Phi) is 7.66. The maximum Gasteiger partial charge on any atom is 0.268 e. The summed E-state index contributed by atoms with van der Waals surface area (Å²) in [5.74, 6) is -0.474. The van der Waals surface area contributed by atoms with Gasteiger partial charge in [0.25, 0.3) is 15.9 Å². The summed E-state index contributed by atoms with van der Waals surface area (Å²) in [6.07, 6.45) is 5.19. The first-order valence-corrected chi connectivity index (χ1v) is 15.2. The first-order chi connectivity index (χ1) is 17.9. The Hall–Kier alpha value is -2.73. The number of aromatic amines is 1. The van der Waals surface area contributed by atoms with E-state index in [-0.39, 0.29) is 22.6 Å². The van der Waals surface area contributed by atoms with E-state index in [1.165, 1.54) is 22.1 Å². The number of carbonyl (C=O) groups excluding carboxylic acids is 2. The highest BCUT2D eigenvalue weighted by Gasteiger charge is 2.40. The minimum Gasteiger partial charge on any atom is -0.350 e. The molecule has 1 atom stereocenters. The van der Waals surface area contributed by atoms with E-state index in [9.17, 15) is 18.0 Å². The third-order valence-corrected chi connectivity index (χ3v) is 10.4. The van der Waals surface area contributed by atoms with Crippen LogP contribution in [0.3, 0.4) is 0 Å². The summed E-state index contributed by atoms with van der Waals surface area (Å²) >= 11 is 1.17. The summed E-state index contributed by atoms with van der Waals surface area (Å²) in [6, 6.07) is 7.95. The predicted molar refractivity (Wildman–Crippen MR) is 146 cm³/mol. The molecule has 1 fully saturated rings. The fourth-order valence-corrected chi connectivity index (χ4v) is 7.90. The molecule has 0 radical (unpaired) electrons. The van der Waals surface area contributed by atoms with Crippen LogP contribution in [0.1, 0.15) is 48.7 Å². The van der Waals surface area contributed by atoms with Crippen LogP contribution in [0.4, 0.5) is 5.69 Å². The molecule has 11 heteroatoms. The van der Waals surface area contributed by atoms with Crippen molar-refractivity contribution in [1.29, 1.82) is 0 Å². The molecule has 0 saturated carbocycles. The van der Waals surface area contributed by atoms with Crippen molar-refractivity contribution >= 4 is 49.8 Å². The number of nitrogens with zero attached hydrogens (tertiary/aromatic N) is 2. The highest BCUT2D eigenvalue weighted by Crippen LogP contribution is 2.29. The van der Waals surface area contributed by atoms with E-state index >= 15 is 0 Å². The van der Waals surface area contributed by atoms with Gasteiger partial charge in [-0.25, -0.2) is 8.42 Å². The lowest BCUT2D eigenvalue weighted by Crippen LogP contribution is -2.59. The number of rotatable bonds is 9. The number of nitrogens with one attached hydrogen (secondary N) is 3. The smallest absolute Gasteiger partial charge is 0.268 e. The third kappa shape index (κ3) is 5.31. The lowest BCUT2D eigenvalue weighted by molar-refractivity contribution is -0.121. The SMILES string of the molecule is CCCCCCN1CCN(S(=O)(=O)c2cccs2)[C@H](C(=O)Nc2ccc3[nH]c4c(c3c2)CCNC4=O)C1. The number of unbranched alkanes of at least 4 members (excludes halogenated alkanes) is 3. The topological polar surface area (TPSA) is 115 Å². The zero-order chi connectivity index (χ0) is 26.0. The van der Waals surface area contributed by atoms with E-state index in [2.05, 4.69) is 27.4 Å². The Morgan fingerprint density at radius 3 is 2.84 bits per heavy atom. The fourth-order valence-electron chi connectivity index (χ4n) is 5.21. The summed E-state index contributed by atoms with van der Waals surface area (Å²) < 4.78 is 28.5. The summed E-state index contributed by atoms with van der Waals surface area (Å²) in [5.41, 5.74) is 2.91. The molecular weight excluding hydrogens is 510 g/mol. The minimum absolute atomic E-state index is 0.126. The largest absolute Gasteiger partial charge is 0.350 e. The van der Waals surface area contributed by atoms with Crippen LogP contribution in [-0.4, -0.2) is 73.2 Å². The number of hydrogen-bond donors (Lipinski definition) is 3. The van der Waals surface area contributed by atoms with Crippen LogP contribution in [0.5, 0.6) is 0 Å². The number of sulfonamides is 1. The van der Waals surface area contributed by atoms with Gasteiger partial charge in [0, 0.05) is 42.8 Å². The minimum atomic E-state index is -3.79. The standard InChI is InChI=1S/C26H33N5O4S2/c1-2-3-4-5-12-30-13-14-31(37(34,35)23-7-6-15-36-23)22(17-30)25(32)28-18-8-9-21-20(16-18)19-10-11-27-26(33)24(19)29-21/h6-9,15-16,22,29H,2-5,10-14,17H2,1H3,(H,27,33)(H,28,32)/t22-/m0/s1. The van der Waals surface area contributed by atoms with Crippen LogP contribution in [0, 0.1) is 0 Å². The van der Waals surface area contributed by atoms with Crippen molar-refractivity contribution in [1.82, 2.24) is 19.5 Å². The first kappa shape index (κ1) is 25.9. The molecule has 9 nitrogen and oxygen atoms in total. The monoisotopic (exact) mass is 543 g/mol. The van der Waals surface area contributed by atoms with Crippen molar-refractivity contribution in [2.45, 2.75) is 49.3 Å². The molecule has 2 aliphatic heterocycles. The van der Waals surface area contributed by atoms with Crippen molar-refractivity contribution in [2.24, 2.45) is 0 Å². The van der Waals surface area contributed by atoms with Crippen molar-refractivity contribution in [2.75, 3.05) is 38.0 Å². The van der Waals surface area contributed by atoms with Crippen molar-refractivity contribution < 1.29 is 18.0 Å². The average molecular weight is 544 g/mol. The van der Waals surface area contributed by atoms with Gasteiger partial charge in [0.15, 0.2) is 0 Å². The van der Waals surface area contributed by atoms with E-state index in [1.54, 1.807) is 23.6 Å². The van der Waals surface area contributed by atoms with Crippen LogP contribution in [-0.2, 0) is 21.2 Å². The number of fused-ring (bicyclic) bond motifs is 3. The molecule has 1 saturated heterocycles. The Labute approximate surface area is 221 Å². The maximum atomic E-state index is 13.6. The number of anilines is 1. The number of hydrogen-bond acceptors (Lipinski definition) is 6. The number of carbonyl (C=O) groups is 2. The molecule has 4 heterocycles. The Bertz CT molecular complexity index is 1380. The normalized spacial score (nSPS) is 19.1. The van der Waals surface area contributed by atoms with Gasteiger partial charge in [0.1, 0.15) is 15.9 Å². The number of thiophene rings is 1. The zero-order valence-electron chi connectivity index (χ0n) is 21.0. The Morgan fingerprint density at radius 2 is 2.05 bits per heavy atom. The van der Waals surface area contributed by atoms with E-state index in [4.69, 9.17) is 0 Å². The van der Waals surface area contributed by atoms with Crippen molar-refractivity contribution in [3.8, 4) is 0 Å². The molecule has 0 aliphatic carbocycles. The number of aromatic nitrogens is 1. The van der Waals surface area contributed by atoms with Crippen LogP contribution in [0.15, 0.2) is 39.9 Å². The van der Waals surface area contributed by atoms with Gasteiger partial charge in [-0.2, -0.15) is 4.31 Å². The van der Waals surface area contributed by atoms with Gasteiger partial charge < -0.3 is 15.6 Å². The summed E-state index contributed by atoms with van der Waals surface area (Å²) in [7, 11) is -3.79. The van der Waals surface area contributed by atoms with E-state index in [0.717, 1.165) is 42.3 Å². The summed E-state index contributed by atoms with van der Waals surface area (Å²) in [6.45, 7) is 4.81. The number of H-pyrrole nitrogens is 1. The zero-order valence-corrected chi connectivity index (χ0v) is 22.6. The van der Waals surface area contributed by atoms with Gasteiger partial charge in [-0.1, -0.05) is 32.3 Å². The quantitative estimate of drug-likeness (QED) is 0.358. The van der Waals surface area contributed by atoms with Crippen LogP contribution in [0.2, 0.25) is 0 Å². The molecule has 3 aromatic rings. The first-order valence-electron chi connectivity index (χ1n) is 12.9. The van der Waals surface area contributed by atoms with Gasteiger partial charge in [0.2, 0.25) is 5.91 Å². The molecular formula is C26H33N5O4S2. The number of benzene rings is 1. The molecule has 2 aliphatic rings. The Morgan fingerprint density at radius 1 is 1.19 bits per heavy atom. The molecule has 3 N–H and O–H groups in total. The second-order valence-electron chi connectivity index (χ2n) is 9.66. The van der Waals surface area contributed by atoms with E-state index < -0.39 is 16.1 Å². The molecule has 2 amide bonds. The van der Waals surface area contributed by atoms with Crippen LogP contribution in [0.25, 0.3) is 10.9 Å². The second-order valence-corrected chi connectivity index (χ2v) is 12.7. The molecule has 37 heavy (non-hydrogen) atoms. The lowest BCUT2D eigenvalue weighted by Gasteiger charge is -2.39. The summed E-state index contributed by atoms with van der Waals surface area (Å²) in [4.78, 5) is 31.2. The molecule has 0 unspecified atom stereocenters. The molecule has 0 spiro atoms. The molecule has 0 bridgehead atoms. The molecule has 5 rings (SSSR count). The highest BCUT2D eigenvalue weighted by molar-refractivity contribution is 7.91. The molecule has 2 aromatic heterocycles. The van der Waals surface area contributed by atoms with Gasteiger partial charge >= 0.3 is 0 Å². The maximum absolute atomic E-state index is 13.6. The van der Waals surface area contributed by atoms with Gasteiger partial charge in [-0.15, -0.1) is 11.3 Å². The third-order valence-electron chi connectivity index (χ3n) is 7.17. The van der Waals surface area contributed by atoms with Crippen LogP contribution < -0.4 is 10.6 Å². The predicted octanol–water partition coefficient (Wildman–Crippen LogP) is 3.41. The van der Waals surface area contributed by atoms with Gasteiger partial charge in [-0.05, 0) is 54.6 Å². The molecule has 1 aromatic carbocycles. The van der Waals surface area contributed by atoms with Crippen molar-refractivity contribution in [3.63, 3.8) is 0 Å². The number of piperazine rings is 1. The Balaban J connectivity index is 1.38. The second kappa shape index (κ2) is 10.9. The lowest BCUT2D eigenvalue weighted by atomic mass is 10.0. The average Bonchev–Trinajstić information content (AvgIpc) is 3.56. The summed E-state index contributed by atoms with van der Waals surface area (Å²) in [5, 5.41) is 8.44. The van der Waals surface area contributed by atoms with Gasteiger partial charge in [0.05, 0.1) is 0 Å². The van der Waals surface area contributed by atoms with E-state index in [0.29, 0.717) is 37.4 Å². The van der Waals surface area contributed by atoms with E-state index in [1.807, 2.05) is 12.1 Å². The number of amides is 2. The van der Waals surface area contributed by atoms with Gasteiger partial charge in [-0.3, -0.25) is 14.5 Å². The van der Waals surface area contributed by atoms with Crippen LogP contribution >= 0.6 is 11.3 Å². The fraction of sp³-hybridized carbons (Fsp3) is 0.462.